The van der Waals surface area contributed by atoms with Crippen LogP contribution < -0.4 is 10.6 Å². The smallest absolute Gasteiger partial charge is 0.129 e. The lowest BCUT2D eigenvalue weighted by molar-refractivity contribution is 0.421. The molecule has 1 aromatic heterocycles. The Labute approximate surface area is 97.7 Å². The molecule has 0 bridgehead atoms. The van der Waals surface area contributed by atoms with Crippen LogP contribution in [-0.2, 0) is 0 Å². The van der Waals surface area contributed by atoms with E-state index in [1.807, 2.05) is 0 Å². The van der Waals surface area contributed by atoms with Crippen molar-refractivity contribution in [2.75, 3.05) is 24.5 Å². The van der Waals surface area contributed by atoms with E-state index >= 15 is 0 Å². The monoisotopic (exact) mass is 219 g/mol. The van der Waals surface area contributed by atoms with Gasteiger partial charge in [-0.1, -0.05) is 0 Å². The molecular weight excluding hydrogens is 198 g/mol. The van der Waals surface area contributed by atoms with Crippen LogP contribution in [0, 0.1) is 19.8 Å². The number of anilines is 1. The van der Waals surface area contributed by atoms with E-state index in [2.05, 4.69) is 35.9 Å². The minimum absolute atomic E-state index is 0.636. The molecule has 0 radical (unpaired) electrons. The summed E-state index contributed by atoms with van der Waals surface area (Å²) in [6.07, 6.45) is 2.49. The first-order valence-corrected chi connectivity index (χ1v) is 6.09. The molecule has 3 heteroatoms. The molecule has 1 saturated heterocycles. The normalized spacial score (nSPS) is 21.2. The molecule has 1 atom stereocenters. The Kier molecular flexibility index (Phi) is 3.44. The molecule has 88 valence electrons. The number of hydrogen-bond donors (Lipinski definition) is 1. The van der Waals surface area contributed by atoms with Crippen LogP contribution in [0.4, 0.5) is 5.82 Å². The Morgan fingerprint density at radius 1 is 1.44 bits per heavy atom. The van der Waals surface area contributed by atoms with Gasteiger partial charge in [-0.25, -0.2) is 4.98 Å². The average Bonchev–Trinajstić information content (AvgIpc) is 2.28. The molecule has 1 aliphatic heterocycles. The van der Waals surface area contributed by atoms with Crippen molar-refractivity contribution < 1.29 is 0 Å². The summed E-state index contributed by atoms with van der Waals surface area (Å²) in [7, 11) is 0. The fraction of sp³-hybridized carbons (Fsp3) is 0.615. The summed E-state index contributed by atoms with van der Waals surface area (Å²) in [6, 6.07) is 4.29. The molecule has 0 aliphatic carbocycles. The highest BCUT2D eigenvalue weighted by Crippen LogP contribution is 2.22. The maximum Gasteiger partial charge on any atom is 0.129 e. The summed E-state index contributed by atoms with van der Waals surface area (Å²) in [5.74, 6) is 1.76. The number of aryl methyl sites for hydroxylation is 2. The van der Waals surface area contributed by atoms with E-state index in [0.29, 0.717) is 5.92 Å². The molecule has 1 fully saturated rings. The third-order valence-corrected chi connectivity index (χ3v) is 3.26. The van der Waals surface area contributed by atoms with Crippen LogP contribution in [0.1, 0.15) is 24.1 Å². The van der Waals surface area contributed by atoms with Crippen molar-refractivity contribution in [1.29, 1.82) is 0 Å². The molecule has 0 saturated carbocycles. The fourth-order valence-electron chi connectivity index (χ4n) is 2.45. The molecule has 1 unspecified atom stereocenters. The maximum atomic E-state index is 5.76. The Morgan fingerprint density at radius 3 is 2.94 bits per heavy atom. The largest absolute Gasteiger partial charge is 0.356 e. The second-order valence-corrected chi connectivity index (χ2v) is 4.83. The van der Waals surface area contributed by atoms with E-state index in [1.54, 1.807) is 0 Å². The third kappa shape index (κ3) is 2.53. The Balaban J connectivity index is 2.16. The van der Waals surface area contributed by atoms with Crippen LogP contribution in [0.3, 0.4) is 0 Å². The minimum Gasteiger partial charge on any atom is -0.356 e. The molecule has 3 nitrogen and oxygen atoms in total. The average molecular weight is 219 g/mol. The molecule has 1 aromatic rings. The van der Waals surface area contributed by atoms with Crippen molar-refractivity contribution in [2.45, 2.75) is 26.7 Å². The van der Waals surface area contributed by atoms with Gasteiger partial charge in [-0.2, -0.15) is 0 Å². The number of nitrogens with zero attached hydrogens (tertiary/aromatic N) is 2. The van der Waals surface area contributed by atoms with Crippen LogP contribution in [0.5, 0.6) is 0 Å². The topological polar surface area (TPSA) is 42.2 Å². The molecule has 0 aromatic carbocycles. The van der Waals surface area contributed by atoms with E-state index in [0.717, 1.165) is 31.1 Å². The third-order valence-electron chi connectivity index (χ3n) is 3.26. The summed E-state index contributed by atoms with van der Waals surface area (Å²) in [4.78, 5) is 6.99. The highest BCUT2D eigenvalue weighted by molar-refractivity contribution is 5.42. The van der Waals surface area contributed by atoms with E-state index < -0.39 is 0 Å². The predicted molar refractivity (Wildman–Crippen MR) is 67.7 cm³/mol. The van der Waals surface area contributed by atoms with Gasteiger partial charge in [0.05, 0.1) is 0 Å². The van der Waals surface area contributed by atoms with Crippen LogP contribution in [-0.4, -0.2) is 24.6 Å². The summed E-state index contributed by atoms with van der Waals surface area (Å²) in [5.41, 5.74) is 8.15. The molecule has 1 aliphatic rings. The lowest BCUT2D eigenvalue weighted by atomic mass is 9.98. The summed E-state index contributed by atoms with van der Waals surface area (Å²) in [5, 5.41) is 0. The Morgan fingerprint density at radius 2 is 2.25 bits per heavy atom. The summed E-state index contributed by atoms with van der Waals surface area (Å²) in [6.45, 7) is 7.16. The van der Waals surface area contributed by atoms with Crippen molar-refractivity contribution in [3.05, 3.63) is 23.4 Å². The molecule has 0 amide bonds. The van der Waals surface area contributed by atoms with Gasteiger partial charge < -0.3 is 10.6 Å². The van der Waals surface area contributed by atoms with Crippen LogP contribution >= 0.6 is 0 Å². The lowest BCUT2D eigenvalue weighted by Crippen LogP contribution is -2.38. The molecular formula is C13H21N3. The summed E-state index contributed by atoms with van der Waals surface area (Å²) < 4.78 is 0. The minimum atomic E-state index is 0.636. The number of rotatable bonds is 2. The van der Waals surface area contributed by atoms with Crippen molar-refractivity contribution in [2.24, 2.45) is 11.7 Å². The van der Waals surface area contributed by atoms with E-state index in [4.69, 9.17) is 5.73 Å². The van der Waals surface area contributed by atoms with Gasteiger partial charge in [0.15, 0.2) is 0 Å². The fourth-order valence-corrected chi connectivity index (χ4v) is 2.45. The Hall–Kier alpha value is -1.09. The first kappa shape index (κ1) is 11.4. The number of hydrogen-bond acceptors (Lipinski definition) is 3. The van der Waals surface area contributed by atoms with Crippen LogP contribution in [0.25, 0.3) is 0 Å². The van der Waals surface area contributed by atoms with Gasteiger partial charge in [-0.05, 0) is 56.8 Å². The zero-order valence-electron chi connectivity index (χ0n) is 10.2. The highest BCUT2D eigenvalue weighted by atomic mass is 15.2. The highest BCUT2D eigenvalue weighted by Gasteiger charge is 2.19. The van der Waals surface area contributed by atoms with Gasteiger partial charge in [-0.15, -0.1) is 0 Å². The van der Waals surface area contributed by atoms with Gasteiger partial charge in [0, 0.05) is 18.8 Å². The van der Waals surface area contributed by atoms with Gasteiger partial charge in [0.2, 0.25) is 0 Å². The van der Waals surface area contributed by atoms with Crippen LogP contribution in [0.15, 0.2) is 12.1 Å². The maximum absolute atomic E-state index is 5.76. The standard InChI is InChI=1S/C13H21N3/c1-10-6-11(2)15-13(7-10)16-5-3-4-12(8-14)9-16/h6-7,12H,3-5,8-9,14H2,1-2H3. The second-order valence-electron chi connectivity index (χ2n) is 4.83. The molecule has 16 heavy (non-hydrogen) atoms. The number of pyridine rings is 1. The number of nitrogens with two attached hydrogens (primary N) is 1. The zero-order chi connectivity index (χ0) is 11.5. The number of aromatic nitrogens is 1. The predicted octanol–water partition coefficient (Wildman–Crippen LogP) is 1.87. The number of piperidine rings is 1. The van der Waals surface area contributed by atoms with Gasteiger partial charge in [-0.3, -0.25) is 0 Å². The van der Waals surface area contributed by atoms with Crippen molar-refractivity contribution in [3.8, 4) is 0 Å². The molecule has 0 spiro atoms. The molecule has 2 rings (SSSR count). The van der Waals surface area contributed by atoms with E-state index in [9.17, 15) is 0 Å². The van der Waals surface area contributed by atoms with Crippen molar-refractivity contribution in [1.82, 2.24) is 4.98 Å². The summed E-state index contributed by atoms with van der Waals surface area (Å²) >= 11 is 0. The molecule has 2 N–H and O–H groups in total. The van der Waals surface area contributed by atoms with Crippen LogP contribution in [0.2, 0.25) is 0 Å². The molecule has 2 heterocycles. The van der Waals surface area contributed by atoms with Crippen molar-refractivity contribution >= 4 is 5.82 Å². The quantitative estimate of drug-likeness (QED) is 0.825. The first-order chi connectivity index (χ1) is 7.69. The van der Waals surface area contributed by atoms with Gasteiger partial charge >= 0.3 is 0 Å². The van der Waals surface area contributed by atoms with E-state index in [-0.39, 0.29) is 0 Å². The van der Waals surface area contributed by atoms with Gasteiger partial charge in [0.1, 0.15) is 5.82 Å². The first-order valence-electron chi connectivity index (χ1n) is 6.09. The van der Waals surface area contributed by atoms with E-state index in [1.165, 1.54) is 18.4 Å². The zero-order valence-corrected chi connectivity index (χ0v) is 10.2. The van der Waals surface area contributed by atoms with Gasteiger partial charge in [0.25, 0.3) is 0 Å². The Bertz CT molecular complexity index is 342. The van der Waals surface area contributed by atoms with Crippen molar-refractivity contribution in [3.63, 3.8) is 0 Å². The SMILES string of the molecule is Cc1cc(C)nc(N2CCCC(CN)C2)c1. The second kappa shape index (κ2) is 4.83. The lowest BCUT2D eigenvalue weighted by Gasteiger charge is -2.33.